The summed E-state index contributed by atoms with van der Waals surface area (Å²) in [5.74, 6) is -0.710. The van der Waals surface area contributed by atoms with Crippen molar-refractivity contribution >= 4 is 5.91 Å². The van der Waals surface area contributed by atoms with Crippen molar-refractivity contribution in [1.29, 1.82) is 0 Å². The van der Waals surface area contributed by atoms with Crippen LogP contribution in [0.15, 0.2) is 6.20 Å². The van der Waals surface area contributed by atoms with Crippen molar-refractivity contribution in [2.75, 3.05) is 6.54 Å². The fourth-order valence-electron chi connectivity index (χ4n) is 1.94. The van der Waals surface area contributed by atoms with Gasteiger partial charge in [0.1, 0.15) is 6.04 Å². The number of carbonyl (C=O) groups excluding carboxylic acids is 1. The van der Waals surface area contributed by atoms with Gasteiger partial charge < -0.3 is 4.90 Å². The maximum atomic E-state index is 12.7. The van der Waals surface area contributed by atoms with Gasteiger partial charge in [0.05, 0.1) is 6.20 Å². The van der Waals surface area contributed by atoms with E-state index in [-0.39, 0.29) is 18.7 Å². The predicted octanol–water partition coefficient (Wildman–Crippen LogP) is 0.982. The van der Waals surface area contributed by atoms with Gasteiger partial charge in [-0.1, -0.05) is 5.21 Å². The largest absolute Gasteiger partial charge is 0.408 e. The lowest BCUT2D eigenvalue weighted by atomic mass is 10.2. The summed E-state index contributed by atoms with van der Waals surface area (Å²) in [5.41, 5.74) is -0.0522. The van der Waals surface area contributed by atoms with Gasteiger partial charge in [-0.15, -0.1) is 5.10 Å². The Bertz CT molecular complexity index is 428. The summed E-state index contributed by atoms with van der Waals surface area (Å²) in [6.45, 7) is 0.111. The molecule has 0 saturated carbocycles. The van der Waals surface area contributed by atoms with Crippen molar-refractivity contribution in [3.8, 4) is 0 Å². The van der Waals surface area contributed by atoms with E-state index in [1.807, 2.05) is 0 Å². The molecule has 17 heavy (non-hydrogen) atoms. The highest BCUT2D eigenvalue weighted by atomic mass is 19.4. The van der Waals surface area contributed by atoms with Gasteiger partial charge in [-0.25, -0.2) is 0 Å². The molecule has 2 heterocycles. The van der Waals surface area contributed by atoms with Gasteiger partial charge >= 0.3 is 6.18 Å². The highest BCUT2D eigenvalue weighted by Gasteiger charge is 2.48. The van der Waals surface area contributed by atoms with E-state index in [4.69, 9.17) is 0 Å². The standard InChI is InChI=1S/C9H11F3N4O/c1-15-5-6(13-14-15)8(17)16-4-2-3-7(16)9(10,11)12/h5,7H,2-4H2,1H3/t7-/m0/s1. The summed E-state index contributed by atoms with van der Waals surface area (Å²) in [5, 5.41) is 7.07. The lowest BCUT2D eigenvalue weighted by Crippen LogP contribution is -2.44. The third-order valence-corrected chi connectivity index (χ3v) is 2.71. The Kier molecular flexibility index (Phi) is 2.80. The molecule has 94 valence electrons. The number of aromatic nitrogens is 3. The van der Waals surface area contributed by atoms with Crippen molar-refractivity contribution in [1.82, 2.24) is 19.9 Å². The molecular weight excluding hydrogens is 237 g/mol. The van der Waals surface area contributed by atoms with Gasteiger partial charge in [0, 0.05) is 13.6 Å². The lowest BCUT2D eigenvalue weighted by Gasteiger charge is -2.25. The van der Waals surface area contributed by atoms with E-state index >= 15 is 0 Å². The van der Waals surface area contributed by atoms with Crippen LogP contribution in [0.5, 0.6) is 0 Å². The smallest absolute Gasteiger partial charge is 0.325 e. The van der Waals surface area contributed by atoms with Gasteiger partial charge in [-0.3, -0.25) is 9.48 Å². The van der Waals surface area contributed by atoms with Crippen molar-refractivity contribution in [3.63, 3.8) is 0 Å². The van der Waals surface area contributed by atoms with Crippen LogP contribution in [-0.4, -0.2) is 44.6 Å². The van der Waals surface area contributed by atoms with Gasteiger partial charge in [0.2, 0.25) is 0 Å². The fraction of sp³-hybridized carbons (Fsp3) is 0.667. The highest BCUT2D eigenvalue weighted by Crippen LogP contribution is 2.33. The summed E-state index contributed by atoms with van der Waals surface area (Å²) in [6.07, 6.45) is -2.76. The molecule has 1 aliphatic heterocycles. The first-order valence-corrected chi connectivity index (χ1v) is 5.13. The molecule has 1 aromatic heterocycles. The van der Waals surface area contributed by atoms with E-state index in [9.17, 15) is 18.0 Å². The second-order valence-corrected chi connectivity index (χ2v) is 3.98. The molecular formula is C9H11F3N4O. The molecule has 1 aliphatic rings. The number of rotatable bonds is 1. The van der Waals surface area contributed by atoms with Crippen LogP contribution >= 0.6 is 0 Å². The minimum atomic E-state index is -4.38. The van der Waals surface area contributed by atoms with Crippen LogP contribution in [0.4, 0.5) is 13.2 Å². The average molecular weight is 248 g/mol. The molecule has 0 radical (unpaired) electrons. The van der Waals surface area contributed by atoms with E-state index in [1.54, 1.807) is 7.05 Å². The Morgan fingerprint density at radius 3 is 2.76 bits per heavy atom. The van der Waals surface area contributed by atoms with Crippen LogP contribution in [0.2, 0.25) is 0 Å². The zero-order valence-corrected chi connectivity index (χ0v) is 9.11. The quantitative estimate of drug-likeness (QED) is 0.744. The second kappa shape index (κ2) is 4.01. The summed E-state index contributed by atoms with van der Waals surface area (Å²) >= 11 is 0. The molecule has 0 bridgehead atoms. The summed E-state index contributed by atoms with van der Waals surface area (Å²) < 4.78 is 39.3. The number of aryl methyl sites for hydroxylation is 1. The Hall–Kier alpha value is -1.60. The average Bonchev–Trinajstić information content (AvgIpc) is 2.83. The van der Waals surface area contributed by atoms with Crippen LogP contribution in [-0.2, 0) is 7.05 Å². The SMILES string of the molecule is Cn1cc(C(=O)N2CCC[C@H]2C(F)(F)F)nn1. The van der Waals surface area contributed by atoms with Crippen LogP contribution in [0.3, 0.4) is 0 Å². The predicted molar refractivity (Wildman–Crippen MR) is 51.1 cm³/mol. The van der Waals surface area contributed by atoms with E-state index in [0.717, 1.165) is 4.90 Å². The highest BCUT2D eigenvalue weighted by molar-refractivity contribution is 5.92. The molecule has 0 spiro atoms. The summed E-state index contributed by atoms with van der Waals surface area (Å²) in [4.78, 5) is 12.7. The number of hydrogen-bond donors (Lipinski definition) is 0. The Labute approximate surface area is 95.2 Å². The molecule has 0 aliphatic carbocycles. The van der Waals surface area contributed by atoms with Crippen molar-refractivity contribution < 1.29 is 18.0 Å². The zero-order valence-electron chi connectivity index (χ0n) is 9.11. The minimum absolute atomic E-state index is 0.0461. The number of carbonyl (C=O) groups is 1. The molecule has 2 rings (SSSR count). The van der Waals surface area contributed by atoms with E-state index < -0.39 is 18.1 Å². The van der Waals surface area contributed by atoms with Gasteiger partial charge in [-0.2, -0.15) is 13.2 Å². The van der Waals surface area contributed by atoms with Crippen LogP contribution in [0, 0.1) is 0 Å². The molecule has 0 aromatic carbocycles. The molecule has 1 saturated heterocycles. The fourth-order valence-corrected chi connectivity index (χ4v) is 1.94. The number of likely N-dealkylation sites (tertiary alicyclic amines) is 1. The zero-order chi connectivity index (χ0) is 12.6. The molecule has 0 N–H and O–H groups in total. The molecule has 1 aromatic rings. The summed E-state index contributed by atoms with van der Waals surface area (Å²) in [7, 11) is 1.55. The van der Waals surface area contributed by atoms with E-state index in [0.29, 0.717) is 6.42 Å². The minimum Gasteiger partial charge on any atom is -0.325 e. The van der Waals surface area contributed by atoms with Crippen molar-refractivity contribution in [3.05, 3.63) is 11.9 Å². The Morgan fingerprint density at radius 2 is 2.24 bits per heavy atom. The first-order valence-electron chi connectivity index (χ1n) is 5.13. The number of nitrogens with zero attached hydrogens (tertiary/aromatic N) is 4. The number of halogens is 3. The third-order valence-electron chi connectivity index (χ3n) is 2.71. The van der Waals surface area contributed by atoms with E-state index in [2.05, 4.69) is 10.3 Å². The Balaban J connectivity index is 2.19. The van der Waals surface area contributed by atoms with Gasteiger partial charge in [0.15, 0.2) is 5.69 Å². The van der Waals surface area contributed by atoms with Crippen LogP contribution < -0.4 is 0 Å². The monoisotopic (exact) mass is 248 g/mol. The van der Waals surface area contributed by atoms with Gasteiger partial charge in [0.25, 0.3) is 5.91 Å². The van der Waals surface area contributed by atoms with Crippen LogP contribution in [0.25, 0.3) is 0 Å². The maximum absolute atomic E-state index is 12.7. The lowest BCUT2D eigenvalue weighted by molar-refractivity contribution is -0.169. The molecule has 5 nitrogen and oxygen atoms in total. The van der Waals surface area contributed by atoms with Crippen molar-refractivity contribution in [2.24, 2.45) is 7.05 Å². The van der Waals surface area contributed by atoms with Gasteiger partial charge in [-0.05, 0) is 12.8 Å². The van der Waals surface area contributed by atoms with Crippen LogP contribution in [0.1, 0.15) is 23.3 Å². The number of hydrogen-bond acceptors (Lipinski definition) is 3. The van der Waals surface area contributed by atoms with E-state index in [1.165, 1.54) is 10.9 Å². The van der Waals surface area contributed by atoms with Crippen molar-refractivity contribution in [2.45, 2.75) is 25.1 Å². The third kappa shape index (κ3) is 2.25. The number of alkyl halides is 3. The molecule has 1 atom stereocenters. The maximum Gasteiger partial charge on any atom is 0.408 e. The molecule has 1 fully saturated rings. The Morgan fingerprint density at radius 1 is 1.53 bits per heavy atom. The summed E-state index contributed by atoms with van der Waals surface area (Å²) in [6, 6.07) is -1.70. The second-order valence-electron chi connectivity index (χ2n) is 3.98. The normalized spacial score (nSPS) is 20.9. The first kappa shape index (κ1) is 11.9. The number of amides is 1. The topological polar surface area (TPSA) is 51.0 Å². The first-order chi connectivity index (χ1) is 7.89. The molecule has 0 unspecified atom stereocenters. The molecule has 8 heteroatoms. The molecule has 1 amide bonds.